The number of nitrogens with zero attached hydrogens (tertiary/aromatic N) is 5. The molecule has 3 aromatic heterocycles. The summed E-state index contributed by atoms with van der Waals surface area (Å²) in [7, 11) is 0. The highest BCUT2D eigenvalue weighted by Crippen LogP contribution is 2.45. The third-order valence-corrected chi connectivity index (χ3v) is 9.51. The van der Waals surface area contributed by atoms with Crippen molar-refractivity contribution in [1.29, 1.82) is 0 Å². The fourth-order valence-electron chi connectivity index (χ4n) is 5.35. The molecule has 2 aliphatic heterocycles. The molecule has 45 heavy (non-hydrogen) atoms. The van der Waals surface area contributed by atoms with Crippen LogP contribution in [-0.2, 0) is 22.3 Å². The summed E-state index contributed by atoms with van der Waals surface area (Å²) in [4.78, 5) is 45.1. The summed E-state index contributed by atoms with van der Waals surface area (Å²) in [6.07, 6.45) is 3.15. The second kappa shape index (κ2) is 13.0. The molecule has 0 saturated carbocycles. The highest BCUT2D eigenvalue weighted by Gasteiger charge is 2.34. The Bertz CT molecular complexity index is 1860. The molecule has 0 bridgehead atoms. The number of nitrogens with one attached hydrogen (secondary N) is 2. The van der Waals surface area contributed by atoms with Crippen LogP contribution in [0.3, 0.4) is 0 Å². The Balaban J connectivity index is 1.12. The molecule has 5 heterocycles. The third kappa shape index (κ3) is 6.20. The van der Waals surface area contributed by atoms with Gasteiger partial charge in [0, 0.05) is 41.5 Å². The lowest BCUT2D eigenvalue weighted by atomic mass is 10.1. The number of morpholine rings is 1. The summed E-state index contributed by atoms with van der Waals surface area (Å²) in [6, 6.07) is 18.7. The molecule has 13 heteroatoms. The SMILES string of the molecule is O=C(Nc1ccc(CN2CCOCC2)cc1)c1sc2ncnc3c2c1NC(=O)N3c1ccc(OCc2ccccn2)c(CI)c1. The molecule has 2 aliphatic rings. The number of thiophene rings is 1. The van der Waals surface area contributed by atoms with Crippen LogP contribution < -0.4 is 20.3 Å². The highest BCUT2D eigenvalue weighted by molar-refractivity contribution is 14.1. The number of rotatable bonds is 9. The normalized spacial score (nSPS) is 14.8. The minimum absolute atomic E-state index is 0.324. The smallest absolute Gasteiger partial charge is 0.332 e. The molecule has 11 nitrogen and oxygen atoms in total. The van der Waals surface area contributed by atoms with Gasteiger partial charge in [0.1, 0.15) is 28.4 Å². The molecule has 5 aromatic rings. The Morgan fingerprint density at radius 3 is 2.69 bits per heavy atom. The first-order valence-electron chi connectivity index (χ1n) is 14.4. The van der Waals surface area contributed by atoms with Crippen LogP contribution in [0.5, 0.6) is 5.75 Å². The topological polar surface area (TPSA) is 122 Å². The van der Waals surface area contributed by atoms with Gasteiger partial charge in [-0.1, -0.05) is 40.8 Å². The number of hydrogen-bond donors (Lipinski definition) is 2. The van der Waals surface area contributed by atoms with Crippen molar-refractivity contribution in [3.05, 3.63) is 94.9 Å². The summed E-state index contributed by atoms with van der Waals surface area (Å²) in [5.41, 5.74) is 4.63. The van der Waals surface area contributed by atoms with Gasteiger partial charge < -0.3 is 20.1 Å². The van der Waals surface area contributed by atoms with E-state index in [1.807, 2.05) is 60.7 Å². The maximum Gasteiger partial charge on any atom is 0.332 e. The van der Waals surface area contributed by atoms with E-state index in [4.69, 9.17) is 9.47 Å². The van der Waals surface area contributed by atoms with Crippen molar-refractivity contribution in [3.63, 3.8) is 0 Å². The number of urea groups is 1. The van der Waals surface area contributed by atoms with Gasteiger partial charge in [-0.05, 0) is 48.0 Å². The van der Waals surface area contributed by atoms with Crippen LogP contribution in [0.2, 0.25) is 0 Å². The molecule has 0 unspecified atom stereocenters. The van der Waals surface area contributed by atoms with Gasteiger partial charge in [0.15, 0.2) is 5.82 Å². The summed E-state index contributed by atoms with van der Waals surface area (Å²) < 4.78 is 12.2. The monoisotopic (exact) mass is 733 g/mol. The number of carbonyl (C=O) groups excluding carboxylic acids is 2. The van der Waals surface area contributed by atoms with Crippen molar-refractivity contribution in [2.75, 3.05) is 41.8 Å². The average molecular weight is 734 g/mol. The van der Waals surface area contributed by atoms with Gasteiger partial charge in [-0.15, -0.1) is 11.3 Å². The van der Waals surface area contributed by atoms with Gasteiger partial charge in [0.25, 0.3) is 5.91 Å². The number of carbonyl (C=O) groups is 2. The fraction of sp³-hybridized carbons (Fsp3) is 0.219. The summed E-state index contributed by atoms with van der Waals surface area (Å²) in [6.45, 7) is 4.49. The maximum atomic E-state index is 13.6. The number of anilines is 4. The van der Waals surface area contributed by atoms with Gasteiger partial charge in [-0.3, -0.25) is 14.7 Å². The first-order chi connectivity index (χ1) is 22.1. The summed E-state index contributed by atoms with van der Waals surface area (Å²) in [5, 5.41) is 6.54. The first kappa shape index (κ1) is 29.5. The van der Waals surface area contributed by atoms with Crippen molar-refractivity contribution in [2.24, 2.45) is 0 Å². The van der Waals surface area contributed by atoms with E-state index in [1.165, 1.54) is 22.6 Å². The van der Waals surface area contributed by atoms with Gasteiger partial charge >= 0.3 is 6.03 Å². The van der Waals surface area contributed by atoms with Crippen LogP contribution in [0.1, 0.15) is 26.5 Å². The molecular weight excluding hydrogens is 705 g/mol. The first-order valence-corrected chi connectivity index (χ1v) is 16.7. The predicted molar refractivity (Wildman–Crippen MR) is 182 cm³/mol. The Hall–Kier alpha value is -4.18. The molecule has 0 atom stereocenters. The van der Waals surface area contributed by atoms with Crippen LogP contribution in [0, 0.1) is 0 Å². The van der Waals surface area contributed by atoms with E-state index in [-0.39, 0.29) is 5.91 Å². The zero-order valence-corrected chi connectivity index (χ0v) is 27.0. The van der Waals surface area contributed by atoms with Crippen LogP contribution >= 0.6 is 33.9 Å². The van der Waals surface area contributed by atoms with E-state index in [9.17, 15) is 9.59 Å². The Morgan fingerprint density at radius 1 is 1.07 bits per heavy atom. The summed E-state index contributed by atoms with van der Waals surface area (Å²) in [5.74, 6) is 0.812. The lowest BCUT2D eigenvalue weighted by Gasteiger charge is -2.27. The second-order valence-electron chi connectivity index (χ2n) is 10.5. The van der Waals surface area contributed by atoms with E-state index in [0.29, 0.717) is 54.8 Å². The fourth-order valence-corrected chi connectivity index (χ4v) is 6.93. The van der Waals surface area contributed by atoms with Crippen LogP contribution in [-0.4, -0.2) is 58.1 Å². The Morgan fingerprint density at radius 2 is 1.91 bits per heavy atom. The zero-order chi connectivity index (χ0) is 30.8. The maximum absolute atomic E-state index is 13.6. The molecule has 0 radical (unpaired) electrons. The third-order valence-electron chi connectivity index (χ3n) is 7.59. The molecule has 2 aromatic carbocycles. The molecule has 1 fully saturated rings. The molecule has 0 spiro atoms. The van der Waals surface area contributed by atoms with Crippen LogP contribution in [0.4, 0.5) is 27.7 Å². The molecule has 228 valence electrons. The van der Waals surface area contributed by atoms with Gasteiger partial charge in [0.05, 0.1) is 35.7 Å². The van der Waals surface area contributed by atoms with E-state index in [2.05, 4.69) is 53.1 Å². The Labute approximate surface area is 276 Å². The molecule has 3 amide bonds. The standard InChI is InChI=1S/C32H28IN7O4S/c33-16-21-15-24(8-9-25(21)44-18-23-3-1-2-10-34-23)40-29-26-27(38-32(40)42)28(45-31(26)36-19-35-29)30(41)37-22-6-4-20(5-7-22)17-39-11-13-43-14-12-39/h1-10,15,19H,11-14,16-18H2,(H,37,41)(H,38,42). The molecule has 0 aliphatic carbocycles. The van der Waals surface area contributed by atoms with E-state index in [0.717, 1.165) is 49.7 Å². The van der Waals surface area contributed by atoms with Crippen molar-refractivity contribution in [3.8, 4) is 5.75 Å². The number of benzene rings is 2. The highest BCUT2D eigenvalue weighted by atomic mass is 127. The lowest BCUT2D eigenvalue weighted by molar-refractivity contribution is 0.0342. The predicted octanol–water partition coefficient (Wildman–Crippen LogP) is 6.37. The van der Waals surface area contributed by atoms with E-state index < -0.39 is 6.03 Å². The number of aromatic nitrogens is 3. The van der Waals surface area contributed by atoms with Crippen molar-refractivity contribution >= 4 is 79.0 Å². The van der Waals surface area contributed by atoms with E-state index >= 15 is 0 Å². The number of hydrogen-bond acceptors (Lipinski definition) is 9. The van der Waals surface area contributed by atoms with Crippen LogP contribution in [0.25, 0.3) is 10.2 Å². The average Bonchev–Trinajstić information content (AvgIpc) is 3.45. The van der Waals surface area contributed by atoms with Crippen molar-refractivity contribution in [1.82, 2.24) is 19.9 Å². The molecule has 7 rings (SSSR count). The number of amides is 3. The van der Waals surface area contributed by atoms with Gasteiger partial charge in [-0.25, -0.2) is 19.7 Å². The van der Waals surface area contributed by atoms with Crippen molar-refractivity contribution < 1.29 is 19.1 Å². The molecule has 1 saturated heterocycles. The van der Waals surface area contributed by atoms with Crippen LogP contribution in [0.15, 0.2) is 73.2 Å². The molecule has 2 N–H and O–H groups in total. The quantitative estimate of drug-likeness (QED) is 0.133. The molecular formula is C32H28IN7O4S. The number of ether oxygens (including phenoxy) is 2. The van der Waals surface area contributed by atoms with Gasteiger partial charge in [0.2, 0.25) is 0 Å². The van der Waals surface area contributed by atoms with Gasteiger partial charge in [-0.2, -0.15) is 0 Å². The summed E-state index contributed by atoms with van der Waals surface area (Å²) >= 11 is 3.50. The minimum Gasteiger partial charge on any atom is -0.487 e. The second-order valence-corrected chi connectivity index (χ2v) is 12.3. The number of pyridine rings is 1. The van der Waals surface area contributed by atoms with Crippen molar-refractivity contribution in [2.45, 2.75) is 17.6 Å². The largest absolute Gasteiger partial charge is 0.487 e. The van der Waals surface area contributed by atoms with E-state index in [1.54, 1.807) is 6.20 Å². The lowest BCUT2D eigenvalue weighted by Crippen LogP contribution is -2.35. The zero-order valence-electron chi connectivity index (χ0n) is 24.0. The Kier molecular flexibility index (Phi) is 8.56. The number of alkyl halides is 1. The number of halogens is 1. The minimum atomic E-state index is -0.413.